The van der Waals surface area contributed by atoms with Crippen molar-refractivity contribution in [1.29, 1.82) is 0 Å². The SMILES string of the molecule is CC(C)(C)Nc1ccnc(C(=O)Nc2cc(Cl)cc(Cl)c2)c1. The van der Waals surface area contributed by atoms with Crippen molar-refractivity contribution in [2.24, 2.45) is 0 Å². The highest BCUT2D eigenvalue weighted by Gasteiger charge is 2.13. The van der Waals surface area contributed by atoms with Gasteiger partial charge in [0.05, 0.1) is 0 Å². The molecule has 22 heavy (non-hydrogen) atoms. The maximum absolute atomic E-state index is 12.3. The second-order valence-corrected chi connectivity index (χ2v) is 6.79. The van der Waals surface area contributed by atoms with E-state index in [0.717, 1.165) is 5.69 Å². The maximum Gasteiger partial charge on any atom is 0.274 e. The molecule has 1 aromatic heterocycles. The van der Waals surface area contributed by atoms with Gasteiger partial charge in [0.2, 0.25) is 0 Å². The fourth-order valence-corrected chi connectivity index (χ4v) is 2.41. The van der Waals surface area contributed by atoms with Crippen molar-refractivity contribution in [3.63, 3.8) is 0 Å². The fraction of sp³-hybridized carbons (Fsp3) is 0.250. The predicted molar refractivity (Wildman–Crippen MR) is 92.0 cm³/mol. The molecule has 1 heterocycles. The maximum atomic E-state index is 12.3. The highest BCUT2D eigenvalue weighted by Crippen LogP contribution is 2.23. The average Bonchev–Trinajstić information content (AvgIpc) is 2.35. The Morgan fingerprint density at radius 2 is 1.68 bits per heavy atom. The molecule has 0 saturated carbocycles. The van der Waals surface area contributed by atoms with Gasteiger partial charge in [-0.25, -0.2) is 0 Å². The van der Waals surface area contributed by atoms with Crippen LogP contribution in [0, 0.1) is 0 Å². The number of hydrogen-bond acceptors (Lipinski definition) is 3. The smallest absolute Gasteiger partial charge is 0.274 e. The van der Waals surface area contributed by atoms with E-state index in [4.69, 9.17) is 23.2 Å². The summed E-state index contributed by atoms with van der Waals surface area (Å²) in [6, 6.07) is 8.38. The van der Waals surface area contributed by atoms with E-state index in [2.05, 4.69) is 15.6 Å². The molecular weight excluding hydrogens is 321 g/mol. The Balaban J connectivity index is 2.17. The molecule has 2 aromatic rings. The first-order chi connectivity index (χ1) is 10.2. The number of amides is 1. The van der Waals surface area contributed by atoms with Gasteiger partial charge in [0.1, 0.15) is 5.69 Å². The van der Waals surface area contributed by atoms with Crippen LogP contribution in [0.5, 0.6) is 0 Å². The third kappa shape index (κ3) is 4.90. The summed E-state index contributed by atoms with van der Waals surface area (Å²) in [6.07, 6.45) is 1.59. The molecule has 116 valence electrons. The van der Waals surface area contributed by atoms with E-state index < -0.39 is 0 Å². The lowest BCUT2D eigenvalue weighted by Crippen LogP contribution is -2.26. The van der Waals surface area contributed by atoms with Crippen molar-refractivity contribution in [1.82, 2.24) is 4.98 Å². The van der Waals surface area contributed by atoms with Crippen molar-refractivity contribution < 1.29 is 4.79 Å². The van der Waals surface area contributed by atoms with E-state index in [-0.39, 0.29) is 11.4 Å². The largest absolute Gasteiger partial charge is 0.380 e. The van der Waals surface area contributed by atoms with Gasteiger partial charge >= 0.3 is 0 Å². The first kappa shape index (κ1) is 16.6. The van der Waals surface area contributed by atoms with Gasteiger partial charge < -0.3 is 10.6 Å². The second kappa shape index (κ2) is 6.55. The van der Waals surface area contributed by atoms with E-state index in [1.165, 1.54) is 0 Å². The lowest BCUT2D eigenvalue weighted by Gasteiger charge is -2.22. The molecule has 0 saturated heterocycles. The van der Waals surface area contributed by atoms with Crippen molar-refractivity contribution in [2.45, 2.75) is 26.3 Å². The van der Waals surface area contributed by atoms with Crippen LogP contribution in [0.2, 0.25) is 10.0 Å². The average molecular weight is 338 g/mol. The van der Waals surface area contributed by atoms with E-state index in [1.807, 2.05) is 26.8 Å². The van der Waals surface area contributed by atoms with E-state index >= 15 is 0 Å². The Morgan fingerprint density at radius 1 is 1.05 bits per heavy atom. The molecule has 0 aliphatic carbocycles. The molecule has 1 aromatic carbocycles. The first-order valence-electron chi connectivity index (χ1n) is 6.75. The van der Waals surface area contributed by atoms with Crippen LogP contribution in [-0.2, 0) is 0 Å². The molecule has 0 aliphatic heterocycles. The normalized spacial score (nSPS) is 11.1. The summed E-state index contributed by atoms with van der Waals surface area (Å²) in [6.45, 7) is 6.13. The zero-order valence-corrected chi connectivity index (χ0v) is 14.1. The molecule has 6 heteroatoms. The number of carbonyl (C=O) groups is 1. The molecule has 1 amide bonds. The first-order valence-corrected chi connectivity index (χ1v) is 7.50. The van der Waals surface area contributed by atoms with Crippen LogP contribution in [0.15, 0.2) is 36.5 Å². The third-order valence-corrected chi connectivity index (χ3v) is 3.07. The van der Waals surface area contributed by atoms with Crippen LogP contribution in [0.1, 0.15) is 31.3 Å². The number of hydrogen-bond donors (Lipinski definition) is 2. The van der Waals surface area contributed by atoms with Crippen molar-refractivity contribution in [3.8, 4) is 0 Å². The minimum absolute atomic E-state index is 0.102. The summed E-state index contributed by atoms with van der Waals surface area (Å²) < 4.78 is 0. The highest BCUT2D eigenvalue weighted by molar-refractivity contribution is 6.35. The van der Waals surface area contributed by atoms with E-state index in [9.17, 15) is 4.79 Å². The van der Waals surface area contributed by atoms with Crippen LogP contribution in [0.3, 0.4) is 0 Å². The Kier molecular flexibility index (Phi) is 4.94. The molecule has 0 bridgehead atoms. The number of anilines is 2. The second-order valence-electron chi connectivity index (χ2n) is 5.92. The van der Waals surface area contributed by atoms with Gasteiger partial charge in [-0.3, -0.25) is 9.78 Å². The van der Waals surface area contributed by atoms with Gasteiger partial charge in [0.15, 0.2) is 0 Å². The summed E-state index contributed by atoms with van der Waals surface area (Å²) in [5.41, 5.74) is 1.57. The number of benzene rings is 1. The molecule has 0 radical (unpaired) electrons. The van der Waals surface area contributed by atoms with Gasteiger partial charge in [-0.2, -0.15) is 0 Å². The predicted octanol–water partition coefficient (Wildman–Crippen LogP) is 4.85. The molecule has 2 rings (SSSR count). The Bertz CT molecular complexity index is 676. The van der Waals surface area contributed by atoms with Crippen molar-refractivity contribution >= 4 is 40.5 Å². The number of nitrogens with one attached hydrogen (secondary N) is 2. The van der Waals surface area contributed by atoms with Gasteiger partial charge in [-0.05, 0) is 51.1 Å². The van der Waals surface area contributed by atoms with Crippen LogP contribution < -0.4 is 10.6 Å². The van der Waals surface area contributed by atoms with Crippen molar-refractivity contribution in [3.05, 3.63) is 52.3 Å². The van der Waals surface area contributed by atoms with Crippen LogP contribution >= 0.6 is 23.2 Å². The van der Waals surface area contributed by atoms with Crippen LogP contribution in [-0.4, -0.2) is 16.4 Å². The number of nitrogens with zero attached hydrogens (tertiary/aromatic N) is 1. The number of carbonyl (C=O) groups excluding carboxylic acids is 1. The molecule has 4 nitrogen and oxygen atoms in total. The van der Waals surface area contributed by atoms with Crippen LogP contribution in [0.4, 0.5) is 11.4 Å². The zero-order chi connectivity index (χ0) is 16.3. The molecule has 0 spiro atoms. The summed E-state index contributed by atoms with van der Waals surface area (Å²) in [5, 5.41) is 6.94. The highest BCUT2D eigenvalue weighted by atomic mass is 35.5. The van der Waals surface area contributed by atoms with Crippen molar-refractivity contribution in [2.75, 3.05) is 10.6 Å². The minimum Gasteiger partial charge on any atom is -0.380 e. The molecule has 0 unspecified atom stereocenters. The topological polar surface area (TPSA) is 54.0 Å². The van der Waals surface area contributed by atoms with Gasteiger partial charge in [-0.15, -0.1) is 0 Å². The van der Waals surface area contributed by atoms with Crippen LogP contribution in [0.25, 0.3) is 0 Å². The molecule has 2 N–H and O–H groups in total. The Labute approximate surface area is 139 Å². The molecule has 0 fully saturated rings. The quantitative estimate of drug-likeness (QED) is 0.841. The Hall–Kier alpha value is -1.78. The van der Waals surface area contributed by atoms with Gasteiger partial charge in [0, 0.05) is 33.2 Å². The number of pyridine rings is 1. The Morgan fingerprint density at radius 3 is 2.27 bits per heavy atom. The summed E-state index contributed by atoms with van der Waals surface area (Å²) >= 11 is 11.8. The number of aromatic nitrogens is 1. The number of halogens is 2. The van der Waals surface area contributed by atoms with Gasteiger partial charge in [0.25, 0.3) is 5.91 Å². The van der Waals surface area contributed by atoms with Gasteiger partial charge in [-0.1, -0.05) is 23.2 Å². The third-order valence-electron chi connectivity index (χ3n) is 2.63. The number of rotatable bonds is 3. The van der Waals surface area contributed by atoms with E-state index in [0.29, 0.717) is 21.4 Å². The summed E-state index contributed by atoms with van der Waals surface area (Å²) in [5.74, 6) is -0.323. The molecular formula is C16H17Cl2N3O. The minimum atomic E-state index is -0.323. The fourth-order valence-electron chi connectivity index (χ4n) is 1.89. The molecule has 0 aliphatic rings. The standard InChI is InChI=1S/C16H17Cl2N3O/c1-16(2,3)21-12-4-5-19-14(9-12)15(22)20-13-7-10(17)6-11(18)8-13/h4-9H,1-3H3,(H,19,21)(H,20,22). The zero-order valence-electron chi connectivity index (χ0n) is 12.6. The molecule has 0 atom stereocenters. The lowest BCUT2D eigenvalue weighted by molar-refractivity contribution is 0.102. The van der Waals surface area contributed by atoms with E-state index in [1.54, 1.807) is 30.5 Å². The summed E-state index contributed by atoms with van der Waals surface area (Å²) in [7, 11) is 0. The lowest BCUT2D eigenvalue weighted by atomic mass is 10.1. The summed E-state index contributed by atoms with van der Waals surface area (Å²) in [4.78, 5) is 16.4. The monoisotopic (exact) mass is 337 g/mol.